The van der Waals surface area contributed by atoms with Crippen molar-refractivity contribution in [2.45, 2.75) is 32.2 Å². The van der Waals surface area contributed by atoms with Crippen molar-refractivity contribution in [3.8, 4) is 0 Å². The maximum atomic E-state index is 11.0. The van der Waals surface area contributed by atoms with Gasteiger partial charge in [-0.2, -0.15) is 0 Å². The minimum atomic E-state index is -1.53. The van der Waals surface area contributed by atoms with Crippen LogP contribution in [0.15, 0.2) is 30.3 Å². The van der Waals surface area contributed by atoms with Gasteiger partial charge >= 0.3 is 5.97 Å². The van der Waals surface area contributed by atoms with Gasteiger partial charge in [-0.1, -0.05) is 30.3 Å². The molecule has 0 radical (unpaired) electrons. The van der Waals surface area contributed by atoms with E-state index in [9.17, 15) is 9.90 Å². The van der Waals surface area contributed by atoms with Crippen LogP contribution in [-0.2, 0) is 20.9 Å². The number of ether oxygens (including phenoxy) is 2. The number of hydrogen-bond acceptors (Lipinski definition) is 5. The van der Waals surface area contributed by atoms with Crippen LogP contribution < -0.4 is 0 Å². The molecule has 0 bridgehead atoms. The lowest BCUT2D eigenvalue weighted by atomic mass is 10.0. The molecule has 1 aromatic carbocycles. The first-order valence-electron chi connectivity index (χ1n) is 6.08. The molecule has 0 aromatic heterocycles. The second kappa shape index (κ2) is 7.23. The second-order valence-corrected chi connectivity index (χ2v) is 4.61. The highest BCUT2D eigenvalue weighted by Gasteiger charge is 2.34. The summed E-state index contributed by atoms with van der Waals surface area (Å²) in [4.78, 5) is 11.0. The highest BCUT2D eigenvalue weighted by molar-refractivity contribution is 5.66. The van der Waals surface area contributed by atoms with Crippen LogP contribution in [0.4, 0.5) is 0 Å². The summed E-state index contributed by atoms with van der Waals surface area (Å²) in [7, 11) is 0. The third-order valence-electron chi connectivity index (χ3n) is 2.70. The van der Waals surface area contributed by atoms with Gasteiger partial charge in [-0.05, 0) is 12.5 Å². The van der Waals surface area contributed by atoms with E-state index in [1.165, 1.54) is 13.8 Å². The molecule has 0 amide bonds. The SMILES string of the molecule is CC(=O)O[C@H](COCc1ccccc1)[C@@](C)(O)CO. The van der Waals surface area contributed by atoms with Crippen LogP contribution in [0.5, 0.6) is 0 Å². The van der Waals surface area contributed by atoms with Gasteiger partial charge in [0.1, 0.15) is 5.60 Å². The molecule has 0 aliphatic carbocycles. The van der Waals surface area contributed by atoms with Crippen molar-refractivity contribution >= 4 is 5.97 Å². The third kappa shape index (κ3) is 5.38. The summed E-state index contributed by atoms with van der Waals surface area (Å²) in [6.07, 6.45) is -0.904. The Morgan fingerprint density at radius 3 is 2.53 bits per heavy atom. The summed E-state index contributed by atoms with van der Waals surface area (Å²) >= 11 is 0. The summed E-state index contributed by atoms with van der Waals surface area (Å²) < 4.78 is 10.4. The second-order valence-electron chi connectivity index (χ2n) is 4.61. The molecular weight excluding hydrogens is 248 g/mol. The van der Waals surface area contributed by atoms with Crippen molar-refractivity contribution in [3.63, 3.8) is 0 Å². The van der Waals surface area contributed by atoms with E-state index >= 15 is 0 Å². The van der Waals surface area contributed by atoms with E-state index < -0.39 is 24.3 Å². The average Bonchev–Trinajstić information content (AvgIpc) is 2.38. The predicted molar refractivity (Wildman–Crippen MR) is 69.4 cm³/mol. The molecule has 2 N–H and O–H groups in total. The molecule has 5 heteroatoms. The number of benzene rings is 1. The van der Waals surface area contributed by atoms with Crippen molar-refractivity contribution in [1.82, 2.24) is 0 Å². The smallest absolute Gasteiger partial charge is 0.303 e. The molecule has 0 saturated carbocycles. The van der Waals surface area contributed by atoms with Gasteiger partial charge in [0.2, 0.25) is 0 Å². The highest BCUT2D eigenvalue weighted by Crippen LogP contribution is 2.14. The molecule has 1 rings (SSSR count). The number of esters is 1. The minimum absolute atomic E-state index is 0.0159. The molecule has 1 aromatic rings. The van der Waals surface area contributed by atoms with E-state index in [2.05, 4.69) is 0 Å². The van der Waals surface area contributed by atoms with Crippen molar-refractivity contribution in [2.24, 2.45) is 0 Å². The van der Waals surface area contributed by atoms with Crippen LogP contribution >= 0.6 is 0 Å². The number of hydrogen-bond donors (Lipinski definition) is 2. The van der Waals surface area contributed by atoms with E-state index in [4.69, 9.17) is 14.6 Å². The Balaban J connectivity index is 2.51. The Morgan fingerprint density at radius 2 is 2.00 bits per heavy atom. The summed E-state index contributed by atoms with van der Waals surface area (Å²) in [6, 6.07) is 9.51. The average molecular weight is 268 g/mol. The maximum Gasteiger partial charge on any atom is 0.303 e. The molecule has 5 nitrogen and oxygen atoms in total. The Bertz CT molecular complexity index is 388. The molecule has 0 aliphatic rings. The summed E-state index contributed by atoms with van der Waals surface area (Å²) in [5, 5.41) is 19.0. The van der Waals surface area contributed by atoms with E-state index in [0.29, 0.717) is 6.61 Å². The molecule has 0 spiro atoms. The summed E-state index contributed by atoms with van der Waals surface area (Å²) in [5.74, 6) is -0.526. The molecule has 2 atom stereocenters. The van der Waals surface area contributed by atoms with Crippen LogP contribution in [0.2, 0.25) is 0 Å². The Hall–Kier alpha value is -1.43. The van der Waals surface area contributed by atoms with Crippen molar-refractivity contribution in [2.75, 3.05) is 13.2 Å². The molecular formula is C14H20O5. The zero-order valence-electron chi connectivity index (χ0n) is 11.2. The van der Waals surface area contributed by atoms with E-state index in [-0.39, 0.29) is 6.61 Å². The largest absolute Gasteiger partial charge is 0.457 e. The quantitative estimate of drug-likeness (QED) is 0.718. The predicted octanol–water partition coefficient (Wildman–Crippen LogP) is 0.878. The molecule has 19 heavy (non-hydrogen) atoms. The number of carbonyl (C=O) groups is 1. The number of aliphatic hydroxyl groups excluding tert-OH is 1. The minimum Gasteiger partial charge on any atom is -0.457 e. The van der Waals surface area contributed by atoms with Crippen molar-refractivity contribution in [1.29, 1.82) is 0 Å². The standard InChI is InChI=1S/C14H20O5/c1-11(16)19-13(14(2,17)10-15)9-18-8-12-6-4-3-5-7-12/h3-7,13,15,17H,8-10H2,1-2H3/t13-,14+/m1/s1. The number of carbonyl (C=O) groups excluding carboxylic acids is 1. The van der Waals surface area contributed by atoms with E-state index in [1.807, 2.05) is 30.3 Å². The fourth-order valence-electron chi connectivity index (χ4n) is 1.50. The number of aliphatic hydroxyl groups is 2. The van der Waals surface area contributed by atoms with Crippen LogP contribution in [0.1, 0.15) is 19.4 Å². The lowest BCUT2D eigenvalue weighted by Gasteiger charge is -2.30. The van der Waals surface area contributed by atoms with Gasteiger partial charge in [0.15, 0.2) is 6.10 Å². The van der Waals surface area contributed by atoms with Crippen LogP contribution in [-0.4, -0.2) is 41.1 Å². The van der Waals surface area contributed by atoms with Gasteiger partial charge in [0.05, 0.1) is 19.8 Å². The first kappa shape index (κ1) is 15.6. The van der Waals surface area contributed by atoms with Gasteiger partial charge in [0.25, 0.3) is 0 Å². The normalized spacial score (nSPS) is 15.6. The van der Waals surface area contributed by atoms with Crippen molar-refractivity contribution < 1.29 is 24.5 Å². The highest BCUT2D eigenvalue weighted by atomic mass is 16.6. The lowest BCUT2D eigenvalue weighted by Crippen LogP contribution is -2.47. The molecule has 0 aliphatic heterocycles. The molecule has 106 valence electrons. The van der Waals surface area contributed by atoms with Crippen LogP contribution in [0.25, 0.3) is 0 Å². The zero-order valence-corrected chi connectivity index (χ0v) is 11.2. The molecule has 0 unspecified atom stereocenters. The van der Waals surface area contributed by atoms with Crippen LogP contribution in [0, 0.1) is 0 Å². The zero-order chi connectivity index (χ0) is 14.3. The topological polar surface area (TPSA) is 76.0 Å². The molecule has 0 fully saturated rings. The summed E-state index contributed by atoms with van der Waals surface area (Å²) in [6.45, 7) is 2.49. The van der Waals surface area contributed by atoms with Crippen LogP contribution in [0.3, 0.4) is 0 Å². The first-order valence-corrected chi connectivity index (χ1v) is 6.08. The van der Waals surface area contributed by atoms with Gasteiger partial charge in [0, 0.05) is 6.92 Å². The fraction of sp³-hybridized carbons (Fsp3) is 0.500. The maximum absolute atomic E-state index is 11.0. The van der Waals surface area contributed by atoms with E-state index in [0.717, 1.165) is 5.56 Å². The van der Waals surface area contributed by atoms with Gasteiger partial charge in [-0.25, -0.2) is 0 Å². The summed E-state index contributed by atoms with van der Waals surface area (Å²) in [5.41, 5.74) is -0.546. The fourth-order valence-corrected chi connectivity index (χ4v) is 1.50. The van der Waals surface area contributed by atoms with Crippen molar-refractivity contribution in [3.05, 3.63) is 35.9 Å². The number of rotatable bonds is 7. The third-order valence-corrected chi connectivity index (χ3v) is 2.70. The van der Waals surface area contributed by atoms with Gasteiger partial charge < -0.3 is 19.7 Å². The van der Waals surface area contributed by atoms with Gasteiger partial charge in [-0.15, -0.1) is 0 Å². The monoisotopic (exact) mass is 268 g/mol. The lowest BCUT2D eigenvalue weighted by molar-refractivity contribution is -0.174. The Labute approximate surface area is 112 Å². The van der Waals surface area contributed by atoms with Gasteiger partial charge in [-0.3, -0.25) is 4.79 Å². The Kier molecular flexibility index (Phi) is 5.95. The van der Waals surface area contributed by atoms with E-state index in [1.54, 1.807) is 0 Å². The molecule has 0 saturated heterocycles. The Morgan fingerprint density at radius 1 is 1.37 bits per heavy atom. The first-order chi connectivity index (χ1) is 8.95. The molecule has 0 heterocycles.